The highest BCUT2D eigenvalue weighted by molar-refractivity contribution is 6.07. The number of benzene rings is 2. The molecule has 0 unspecified atom stereocenters. The van der Waals surface area contributed by atoms with Crippen molar-refractivity contribution in [3.8, 4) is 22.8 Å². The molecule has 6 heteroatoms. The third kappa shape index (κ3) is 3.33. The van der Waals surface area contributed by atoms with Crippen LogP contribution in [0.5, 0.6) is 11.5 Å². The summed E-state index contributed by atoms with van der Waals surface area (Å²) in [6.07, 6.45) is 3.44. The largest absolute Gasteiger partial charge is 0.454 e. The molecule has 1 amide bonds. The van der Waals surface area contributed by atoms with E-state index in [4.69, 9.17) is 14.5 Å². The van der Waals surface area contributed by atoms with E-state index >= 15 is 0 Å². The van der Waals surface area contributed by atoms with Crippen molar-refractivity contribution in [1.29, 1.82) is 0 Å². The Morgan fingerprint density at radius 3 is 2.67 bits per heavy atom. The molecule has 0 aliphatic carbocycles. The number of pyridine rings is 2. The van der Waals surface area contributed by atoms with Gasteiger partial charge in [0.15, 0.2) is 11.5 Å². The minimum Gasteiger partial charge on any atom is -0.454 e. The van der Waals surface area contributed by atoms with Crippen molar-refractivity contribution in [1.82, 2.24) is 14.9 Å². The second kappa shape index (κ2) is 7.48. The molecule has 0 spiro atoms. The molecule has 2 aromatic carbocycles. The van der Waals surface area contributed by atoms with Crippen molar-refractivity contribution < 1.29 is 14.3 Å². The minimum atomic E-state index is -0.0680. The van der Waals surface area contributed by atoms with Crippen LogP contribution in [0.1, 0.15) is 15.9 Å². The summed E-state index contributed by atoms with van der Waals surface area (Å²) < 4.78 is 10.8. The number of amides is 1. The Kier molecular flexibility index (Phi) is 4.52. The molecule has 3 heterocycles. The van der Waals surface area contributed by atoms with Gasteiger partial charge in [0, 0.05) is 36.9 Å². The van der Waals surface area contributed by atoms with Crippen LogP contribution < -0.4 is 9.47 Å². The van der Waals surface area contributed by atoms with Crippen LogP contribution in [0.4, 0.5) is 0 Å². The molecule has 2 aromatic heterocycles. The third-order valence-corrected chi connectivity index (χ3v) is 5.13. The van der Waals surface area contributed by atoms with Crippen LogP contribution in [-0.4, -0.2) is 34.6 Å². The summed E-state index contributed by atoms with van der Waals surface area (Å²) in [6.45, 7) is 0.686. The lowest BCUT2D eigenvalue weighted by Crippen LogP contribution is -2.26. The number of fused-ring (bicyclic) bond motifs is 2. The third-order valence-electron chi connectivity index (χ3n) is 5.13. The molecule has 0 saturated carbocycles. The SMILES string of the molecule is CN(Cc1ccc2c(c1)OCO2)C(=O)c1cc(-c2ccncc2)nc2ccccc12. The van der Waals surface area contributed by atoms with Gasteiger partial charge in [0.2, 0.25) is 6.79 Å². The van der Waals surface area contributed by atoms with Crippen molar-refractivity contribution in [3.05, 3.63) is 84.2 Å². The standard InChI is InChI=1S/C24H19N3O3/c1-27(14-16-6-7-22-23(12-16)30-15-29-22)24(28)19-13-21(17-8-10-25-11-9-17)26-20-5-3-2-4-18(19)20/h2-13H,14-15H2,1H3. The topological polar surface area (TPSA) is 64.6 Å². The first-order valence-electron chi connectivity index (χ1n) is 9.63. The van der Waals surface area contributed by atoms with E-state index in [0.717, 1.165) is 33.5 Å². The number of ether oxygens (including phenoxy) is 2. The van der Waals surface area contributed by atoms with Crippen LogP contribution >= 0.6 is 0 Å². The molecule has 1 aliphatic rings. The molecule has 0 fully saturated rings. The predicted molar refractivity (Wildman–Crippen MR) is 113 cm³/mol. The molecule has 0 radical (unpaired) electrons. The van der Waals surface area contributed by atoms with Gasteiger partial charge in [0.25, 0.3) is 5.91 Å². The molecule has 0 saturated heterocycles. The number of hydrogen-bond donors (Lipinski definition) is 0. The maximum absolute atomic E-state index is 13.4. The van der Waals surface area contributed by atoms with E-state index in [0.29, 0.717) is 17.9 Å². The molecule has 4 aromatic rings. The van der Waals surface area contributed by atoms with Crippen LogP contribution in [0.25, 0.3) is 22.2 Å². The first-order chi connectivity index (χ1) is 14.7. The van der Waals surface area contributed by atoms with Crippen molar-refractivity contribution in [2.24, 2.45) is 0 Å². The number of nitrogens with zero attached hydrogens (tertiary/aromatic N) is 3. The Labute approximate surface area is 173 Å². The first kappa shape index (κ1) is 18.1. The molecular weight excluding hydrogens is 378 g/mol. The second-order valence-electron chi connectivity index (χ2n) is 7.16. The highest BCUT2D eigenvalue weighted by Crippen LogP contribution is 2.33. The summed E-state index contributed by atoms with van der Waals surface area (Å²) in [5, 5.41) is 0.831. The lowest BCUT2D eigenvalue weighted by molar-refractivity contribution is 0.0787. The van der Waals surface area contributed by atoms with E-state index in [-0.39, 0.29) is 12.7 Å². The predicted octanol–water partition coefficient (Wildman–Crippen LogP) is 4.30. The van der Waals surface area contributed by atoms with Crippen molar-refractivity contribution in [2.45, 2.75) is 6.54 Å². The van der Waals surface area contributed by atoms with Gasteiger partial charge in [-0.3, -0.25) is 9.78 Å². The summed E-state index contributed by atoms with van der Waals surface area (Å²) in [5.41, 5.74) is 4.05. The summed E-state index contributed by atoms with van der Waals surface area (Å²) in [5.74, 6) is 1.37. The quantitative estimate of drug-likeness (QED) is 0.514. The van der Waals surface area contributed by atoms with Crippen molar-refractivity contribution in [2.75, 3.05) is 13.8 Å². The maximum atomic E-state index is 13.4. The maximum Gasteiger partial charge on any atom is 0.254 e. The second-order valence-corrected chi connectivity index (χ2v) is 7.16. The number of carbonyl (C=O) groups is 1. The molecule has 0 N–H and O–H groups in total. The Balaban J connectivity index is 1.50. The van der Waals surface area contributed by atoms with Gasteiger partial charge in [-0.1, -0.05) is 24.3 Å². The minimum absolute atomic E-state index is 0.0680. The van der Waals surface area contributed by atoms with Gasteiger partial charge in [-0.2, -0.15) is 0 Å². The van der Waals surface area contributed by atoms with Crippen LogP contribution in [-0.2, 0) is 6.54 Å². The Hall–Kier alpha value is -3.93. The van der Waals surface area contributed by atoms with Crippen LogP contribution in [0.15, 0.2) is 73.1 Å². The van der Waals surface area contributed by atoms with E-state index in [1.807, 2.05) is 60.7 Å². The molecular formula is C24H19N3O3. The highest BCUT2D eigenvalue weighted by Gasteiger charge is 2.19. The molecule has 30 heavy (non-hydrogen) atoms. The lowest BCUT2D eigenvalue weighted by Gasteiger charge is -2.19. The monoisotopic (exact) mass is 397 g/mol. The molecule has 0 atom stereocenters. The van der Waals surface area contributed by atoms with Crippen LogP contribution in [0.2, 0.25) is 0 Å². The lowest BCUT2D eigenvalue weighted by atomic mass is 10.0. The first-order valence-corrected chi connectivity index (χ1v) is 9.63. The van der Waals surface area contributed by atoms with Gasteiger partial charge in [0.05, 0.1) is 16.8 Å². The van der Waals surface area contributed by atoms with Gasteiger partial charge in [-0.25, -0.2) is 4.98 Å². The number of hydrogen-bond acceptors (Lipinski definition) is 5. The van der Waals surface area contributed by atoms with Crippen molar-refractivity contribution >= 4 is 16.8 Å². The van der Waals surface area contributed by atoms with Gasteiger partial charge < -0.3 is 14.4 Å². The summed E-state index contributed by atoms with van der Waals surface area (Å²) in [4.78, 5) is 23.9. The van der Waals surface area contributed by atoms with E-state index in [1.165, 1.54) is 0 Å². The molecule has 6 nitrogen and oxygen atoms in total. The fraction of sp³-hybridized carbons (Fsp3) is 0.125. The summed E-state index contributed by atoms with van der Waals surface area (Å²) in [7, 11) is 1.80. The highest BCUT2D eigenvalue weighted by atomic mass is 16.7. The molecule has 0 bridgehead atoms. The zero-order chi connectivity index (χ0) is 20.5. The average Bonchev–Trinajstić information content (AvgIpc) is 3.26. The Bertz CT molecular complexity index is 1240. The zero-order valence-electron chi connectivity index (χ0n) is 16.4. The van der Waals surface area contributed by atoms with Gasteiger partial charge >= 0.3 is 0 Å². The molecule has 5 rings (SSSR count). The number of para-hydroxylation sites is 1. The van der Waals surface area contributed by atoms with Gasteiger partial charge in [0.1, 0.15) is 0 Å². The van der Waals surface area contributed by atoms with E-state index in [1.54, 1.807) is 24.3 Å². The molecule has 1 aliphatic heterocycles. The Morgan fingerprint density at radius 2 is 1.80 bits per heavy atom. The normalized spacial score (nSPS) is 12.2. The zero-order valence-corrected chi connectivity index (χ0v) is 16.4. The number of carbonyl (C=O) groups excluding carboxylic acids is 1. The van der Waals surface area contributed by atoms with E-state index in [2.05, 4.69) is 4.98 Å². The summed E-state index contributed by atoms with van der Waals surface area (Å²) >= 11 is 0. The van der Waals surface area contributed by atoms with E-state index < -0.39 is 0 Å². The number of aromatic nitrogens is 2. The number of rotatable bonds is 4. The fourth-order valence-corrected chi connectivity index (χ4v) is 3.61. The van der Waals surface area contributed by atoms with Crippen LogP contribution in [0.3, 0.4) is 0 Å². The average molecular weight is 397 g/mol. The van der Waals surface area contributed by atoms with E-state index in [9.17, 15) is 4.79 Å². The van der Waals surface area contributed by atoms with Crippen molar-refractivity contribution in [3.63, 3.8) is 0 Å². The van der Waals surface area contributed by atoms with Gasteiger partial charge in [-0.05, 0) is 42.0 Å². The summed E-state index contributed by atoms with van der Waals surface area (Å²) in [6, 6.07) is 19.1. The van der Waals surface area contributed by atoms with Crippen LogP contribution in [0, 0.1) is 0 Å². The Morgan fingerprint density at radius 1 is 1.00 bits per heavy atom. The smallest absolute Gasteiger partial charge is 0.254 e. The fourth-order valence-electron chi connectivity index (χ4n) is 3.61. The molecule has 148 valence electrons. The van der Waals surface area contributed by atoms with Gasteiger partial charge in [-0.15, -0.1) is 0 Å².